The SMILES string of the molecule is C=C1/C(=C\C=C2/CCC[C@]3(C)[C@@H](C(C)(C)/C=C/[C@@H](O)C(C)(C)OC(=O)OCCC)CC[C@@H]23)C[C@@H](O)C[C@@H]1O. The largest absolute Gasteiger partial charge is 0.508 e. The molecule has 6 heteroatoms. The molecule has 0 aromatic rings. The van der Waals surface area contributed by atoms with E-state index in [1.165, 1.54) is 5.57 Å². The highest BCUT2D eigenvalue weighted by atomic mass is 16.7. The molecule has 0 amide bonds. The molecular weight excluding hydrogens is 480 g/mol. The summed E-state index contributed by atoms with van der Waals surface area (Å²) in [5.74, 6) is 0.919. The Labute approximate surface area is 229 Å². The van der Waals surface area contributed by atoms with Gasteiger partial charge in [-0.25, -0.2) is 4.79 Å². The highest BCUT2D eigenvalue weighted by molar-refractivity contribution is 5.60. The Bertz CT molecular complexity index is 957. The van der Waals surface area contributed by atoms with Gasteiger partial charge in [0.1, 0.15) is 11.7 Å². The first-order valence-corrected chi connectivity index (χ1v) is 14.4. The summed E-state index contributed by atoms with van der Waals surface area (Å²) >= 11 is 0. The van der Waals surface area contributed by atoms with E-state index < -0.39 is 30.1 Å². The maximum absolute atomic E-state index is 11.9. The summed E-state index contributed by atoms with van der Waals surface area (Å²) < 4.78 is 10.4. The summed E-state index contributed by atoms with van der Waals surface area (Å²) in [6.07, 6.45) is 12.5. The molecule has 3 rings (SSSR count). The van der Waals surface area contributed by atoms with Gasteiger partial charge in [-0.3, -0.25) is 0 Å². The molecule has 6 atom stereocenters. The quantitative estimate of drug-likeness (QED) is 0.248. The molecule has 0 aromatic carbocycles. The number of ether oxygens (including phenoxy) is 2. The minimum Gasteiger partial charge on any atom is -0.434 e. The number of hydrogen-bond donors (Lipinski definition) is 3. The standard InChI is InChI=1S/C32H50O6/c1-8-18-37-29(36)38-31(5,6)28(35)15-17-30(3,4)27-14-13-25-22(10-9-16-32(25,27)7)11-12-23-19-24(33)20-26(34)21(23)2/h11-12,15,17,24-28,33-35H,2,8-10,13-14,16,18-20H2,1,3-7H3/b17-15+,22-11+,23-12-/t24-,25+,26+,27-,28-,32+/m1/s1. The van der Waals surface area contributed by atoms with Crippen LogP contribution < -0.4 is 0 Å². The average Bonchev–Trinajstić information content (AvgIpc) is 3.20. The third-order valence-corrected chi connectivity index (χ3v) is 9.32. The molecule has 3 fully saturated rings. The van der Waals surface area contributed by atoms with E-state index in [-0.39, 0.29) is 10.8 Å². The van der Waals surface area contributed by atoms with Crippen LogP contribution in [0.4, 0.5) is 4.79 Å². The fourth-order valence-corrected chi connectivity index (χ4v) is 7.10. The number of carbonyl (C=O) groups excluding carboxylic acids is 1. The number of fused-ring (bicyclic) bond motifs is 1. The van der Waals surface area contributed by atoms with Crippen molar-refractivity contribution in [2.75, 3.05) is 6.61 Å². The van der Waals surface area contributed by atoms with Crippen molar-refractivity contribution in [2.45, 2.75) is 117 Å². The molecule has 214 valence electrons. The number of aliphatic hydroxyl groups excluding tert-OH is 3. The van der Waals surface area contributed by atoms with E-state index in [1.54, 1.807) is 19.9 Å². The fraction of sp³-hybridized carbons (Fsp3) is 0.719. The Hall–Kier alpha value is -1.89. The van der Waals surface area contributed by atoms with Crippen LogP contribution in [0.5, 0.6) is 0 Å². The molecule has 0 spiro atoms. The topological polar surface area (TPSA) is 96.2 Å². The van der Waals surface area contributed by atoms with E-state index >= 15 is 0 Å². The Morgan fingerprint density at radius 2 is 1.92 bits per heavy atom. The molecule has 0 unspecified atom stereocenters. The first kappa shape index (κ1) is 30.6. The second-order valence-electron chi connectivity index (χ2n) is 13.0. The lowest BCUT2D eigenvalue weighted by Crippen LogP contribution is -2.41. The van der Waals surface area contributed by atoms with Crippen LogP contribution in [0.3, 0.4) is 0 Å². The number of rotatable bonds is 8. The van der Waals surface area contributed by atoms with Crippen molar-refractivity contribution in [3.8, 4) is 0 Å². The van der Waals surface area contributed by atoms with Gasteiger partial charge in [-0.05, 0) is 92.6 Å². The number of hydrogen-bond acceptors (Lipinski definition) is 6. The molecule has 0 aromatic heterocycles. The van der Waals surface area contributed by atoms with E-state index in [2.05, 4.69) is 45.6 Å². The highest BCUT2D eigenvalue weighted by Gasteiger charge is 2.53. The van der Waals surface area contributed by atoms with Crippen molar-refractivity contribution in [3.63, 3.8) is 0 Å². The third-order valence-electron chi connectivity index (χ3n) is 9.32. The summed E-state index contributed by atoms with van der Waals surface area (Å²) in [6, 6.07) is 0. The van der Waals surface area contributed by atoms with Crippen LogP contribution >= 0.6 is 0 Å². The molecular formula is C32H50O6. The Morgan fingerprint density at radius 3 is 2.61 bits per heavy atom. The van der Waals surface area contributed by atoms with Crippen LogP contribution in [0.25, 0.3) is 0 Å². The van der Waals surface area contributed by atoms with Crippen LogP contribution in [0.1, 0.15) is 92.9 Å². The van der Waals surface area contributed by atoms with Gasteiger partial charge in [0.2, 0.25) is 0 Å². The predicted octanol–water partition coefficient (Wildman–Crippen LogP) is 6.41. The third kappa shape index (κ3) is 6.81. The van der Waals surface area contributed by atoms with E-state index in [0.717, 1.165) is 43.3 Å². The number of allylic oxidation sites excluding steroid dienone is 4. The van der Waals surface area contributed by atoms with Gasteiger partial charge < -0.3 is 24.8 Å². The first-order valence-electron chi connectivity index (χ1n) is 14.4. The zero-order chi connectivity index (χ0) is 28.3. The lowest BCUT2D eigenvalue weighted by Gasteiger charge is -2.47. The normalized spacial score (nSPS) is 33.6. The van der Waals surface area contributed by atoms with E-state index in [0.29, 0.717) is 37.7 Å². The Balaban J connectivity index is 1.74. The number of carbonyl (C=O) groups is 1. The zero-order valence-corrected chi connectivity index (χ0v) is 24.3. The molecule has 0 heterocycles. The lowest BCUT2D eigenvalue weighted by molar-refractivity contribution is -0.0670. The van der Waals surface area contributed by atoms with Gasteiger partial charge in [-0.2, -0.15) is 0 Å². The van der Waals surface area contributed by atoms with Crippen molar-refractivity contribution in [1.82, 2.24) is 0 Å². The Morgan fingerprint density at radius 1 is 1.21 bits per heavy atom. The maximum atomic E-state index is 11.9. The van der Waals surface area contributed by atoms with Crippen molar-refractivity contribution in [1.29, 1.82) is 0 Å². The molecule has 0 aliphatic heterocycles. The Kier molecular flexibility index (Phi) is 9.76. The zero-order valence-electron chi connectivity index (χ0n) is 24.3. The molecule has 6 nitrogen and oxygen atoms in total. The van der Waals surface area contributed by atoms with Crippen molar-refractivity contribution >= 4 is 6.16 Å². The second kappa shape index (κ2) is 12.1. The van der Waals surface area contributed by atoms with Gasteiger partial charge in [-0.1, -0.05) is 64.2 Å². The molecule has 0 radical (unpaired) electrons. The molecule has 3 saturated carbocycles. The monoisotopic (exact) mass is 530 g/mol. The summed E-state index contributed by atoms with van der Waals surface area (Å²) in [5, 5.41) is 31.2. The maximum Gasteiger partial charge on any atom is 0.508 e. The van der Waals surface area contributed by atoms with Crippen molar-refractivity contribution in [3.05, 3.63) is 47.6 Å². The molecule has 3 aliphatic rings. The summed E-state index contributed by atoms with van der Waals surface area (Å²) in [4.78, 5) is 11.9. The minimum absolute atomic E-state index is 0.139. The van der Waals surface area contributed by atoms with Gasteiger partial charge in [0, 0.05) is 6.42 Å². The minimum atomic E-state index is -1.10. The van der Waals surface area contributed by atoms with Crippen molar-refractivity contribution in [2.24, 2.45) is 22.7 Å². The lowest BCUT2D eigenvalue weighted by atomic mass is 9.57. The highest BCUT2D eigenvalue weighted by Crippen LogP contribution is 2.62. The predicted molar refractivity (Wildman–Crippen MR) is 150 cm³/mol. The van der Waals surface area contributed by atoms with Crippen LogP contribution in [-0.4, -0.2) is 52.0 Å². The van der Waals surface area contributed by atoms with Crippen LogP contribution in [0.2, 0.25) is 0 Å². The van der Waals surface area contributed by atoms with E-state index in [9.17, 15) is 20.1 Å². The molecule has 3 N–H and O–H groups in total. The van der Waals surface area contributed by atoms with Gasteiger partial charge in [0.15, 0.2) is 0 Å². The summed E-state index contributed by atoms with van der Waals surface area (Å²) in [7, 11) is 0. The second-order valence-corrected chi connectivity index (χ2v) is 13.0. The fourth-order valence-electron chi connectivity index (χ4n) is 7.10. The number of aliphatic hydroxyl groups is 3. The summed E-state index contributed by atoms with van der Waals surface area (Å²) in [5.41, 5.74) is 2.02. The van der Waals surface area contributed by atoms with E-state index in [1.807, 2.05) is 6.92 Å². The van der Waals surface area contributed by atoms with Gasteiger partial charge in [0.05, 0.1) is 18.8 Å². The molecule has 3 aliphatic carbocycles. The van der Waals surface area contributed by atoms with Gasteiger partial charge in [-0.15, -0.1) is 0 Å². The molecule has 0 bridgehead atoms. The molecule has 0 saturated heterocycles. The average molecular weight is 531 g/mol. The van der Waals surface area contributed by atoms with Gasteiger partial charge in [0.25, 0.3) is 0 Å². The van der Waals surface area contributed by atoms with Gasteiger partial charge >= 0.3 is 6.16 Å². The smallest absolute Gasteiger partial charge is 0.434 e. The first-order chi connectivity index (χ1) is 17.7. The van der Waals surface area contributed by atoms with E-state index in [4.69, 9.17) is 9.47 Å². The van der Waals surface area contributed by atoms with Crippen LogP contribution in [-0.2, 0) is 9.47 Å². The van der Waals surface area contributed by atoms with Crippen molar-refractivity contribution < 1.29 is 29.6 Å². The van der Waals surface area contributed by atoms with Crippen LogP contribution in [0.15, 0.2) is 47.6 Å². The summed E-state index contributed by atoms with van der Waals surface area (Å²) in [6.45, 7) is 16.6. The molecule has 38 heavy (non-hydrogen) atoms. The van der Waals surface area contributed by atoms with Crippen LogP contribution in [0, 0.1) is 22.7 Å².